The van der Waals surface area contributed by atoms with E-state index in [9.17, 15) is 13.2 Å². The van der Waals surface area contributed by atoms with Crippen LogP contribution in [-0.4, -0.2) is 26.3 Å². The molecule has 24 heavy (non-hydrogen) atoms. The van der Waals surface area contributed by atoms with Crippen LogP contribution in [0.2, 0.25) is 0 Å². The molecule has 1 aliphatic rings. The van der Waals surface area contributed by atoms with E-state index >= 15 is 0 Å². The molecular formula is C18H18N2O3S. The molecule has 124 valence electrons. The van der Waals surface area contributed by atoms with Crippen LogP contribution < -0.4 is 11.1 Å². The zero-order chi connectivity index (χ0) is 17.4. The van der Waals surface area contributed by atoms with Gasteiger partial charge in [-0.15, -0.1) is 0 Å². The largest absolute Gasteiger partial charge is 0.371 e. The topological polar surface area (TPSA) is 89.3 Å². The van der Waals surface area contributed by atoms with E-state index in [1.165, 1.54) is 6.26 Å². The first-order chi connectivity index (χ1) is 11.3. The fourth-order valence-electron chi connectivity index (χ4n) is 3.10. The van der Waals surface area contributed by atoms with Gasteiger partial charge in [-0.2, -0.15) is 0 Å². The molecule has 3 rings (SSSR count). The van der Waals surface area contributed by atoms with Crippen LogP contribution in [0, 0.1) is 0 Å². The van der Waals surface area contributed by atoms with E-state index in [1.807, 2.05) is 48.5 Å². The standard InChI is InChI=1S/C18H18N2O3S/c1-24(22,23)12-18(13-7-3-2-4-8-13)11-15(17(19)21)14-9-5-6-10-16(14)20-18/h2-11,20H,12H2,1H3,(H2,19,21). The molecule has 1 aliphatic heterocycles. The quantitative estimate of drug-likeness (QED) is 0.888. The van der Waals surface area contributed by atoms with Gasteiger partial charge in [0, 0.05) is 23.1 Å². The number of hydrogen-bond acceptors (Lipinski definition) is 4. The summed E-state index contributed by atoms with van der Waals surface area (Å²) < 4.78 is 24.2. The molecular weight excluding hydrogens is 324 g/mol. The van der Waals surface area contributed by atoms with E-state index in [2.05, 4.69) is 5.32 Å². The number of benzene rings is 2. The minimum Gasteiger partial charge on any atom is -0.371 e. The Labute approximate surface area is 141 Å². The molecule has 0 aromatic heterocycles. The highest BCUT2D eigenvalue weighted by Crippen LogP contribution is 2.39. The van der Waals surface area contributed by atoms with Crippen molar-refractivity contribution >= 4 is 27.0 Å². The Kier molecular flexibility index (Phi) is 3.93. The Hall–Kier alpha value is -2.60. The average Bonchev–Trinajstić information content (AvgIpc) is 2.53. The zero-order valence-corrected chi connectivity index (χ0v) is 14.0. The van der Waals surface area contributed by atoms with Crippen LogP contribution >= 0.6 is 0 Å². The van der Waals surface area contributed by atoms with Crippen LogP contribution in [0.25, 0.3) is 5.57 Å². The molecule has 0 bridgehead atoms. The minimum atomic E-state index is -3.34. The number of carbonyl (C=O) groups excluding carboxylic acids is 1. The van der Waals surface area contributed by atoms with Crippen LogP contribution in [0.15, 0.2) is 60.7 Å². The highest BCUT2D eigenvalue weighted by molar-refractivity contribution is 7.90. The predicted octanol–water partition coefficient (Wildman–Crippen LogP) is 1.92. The molecule has 6 heteroatoms. The molecule has 1 heterocycles. The van der Waals surface area contributed by atoms with E-state index in [1.54, 1.807) is 12.1 Å². The molecule has 0 fully saturated rings. The molecule has 3 N–H and O–H groups in total. The molecule has 2 aromatic carbocycles. The van der Waals surface area contributed by atoms with Crippen molar-refractivity contribution in [2.75, 3.05) is 17.3 Å². The Balaban J connectivity index is 2.27. The van der Waals surface area contributed by atoms with Gasteiger partial charge in [-0.25, -0.2) is 8.42 Å². The number of nitrogens with one attached hydrogen (secondary N) is 1. The van der Waals surface area contributed by atoms with Crippen molar-refractivity contribution in [3.05, 3.63) is 71.8 Å². The smallest absolute Gasteiger partial charge is 0.249 e. The van der Waals surface area contributed by atoms with Crippen molar-refractivity contribution in [1.29, 1.82) is 0 Å². The second kappa shape index (κ2) is 5.79. The van der Waals surface area contributed by atoms with Crippen molar-refractivity contribution in [3.63, 3.8) is 0 Å². The molecule has 0 saturated heterocycles. The zero-order valence-electron chi connectivity index (χ0n) is 13.2. The fraction of sp³-hybridized carbons (Fsp3) is 0.167. The predicted molar refractivity (Wildman–Crippen MR) is 95.1 cm³/mol. The van der Waals surface area contributed by atoms with Crippen molar-refractivity contribution in [2.24, 2.45) is 5.73 Å². The van der Waals surface area contributed by atoms with Gasteiger partial charge in [-0.3, -0.25) is 4.79 Å². The van der Waals surface area contributed by atoms with E-state index in [0.717, 1.165) is 5.56 Å². The summed E-state index contributed by atoms with van der Waals surface area (Å²) in [6.45, 7) is 0. The lowest BCUT2D eigenvalue weighted by Crippen LogP contribution is -2.43. The molecule has 0 radical (unpaired) electrons. The maximum Gasteiger partial charge on any atom is 0.249 e. The van der Waals surface area contributed by atoms with Gasteiger partial charge in [0.1, 0.15) is 9.84 Å². The summed E-state index contributed by atoms with van der Waals surface area (Å²) >= 11 is 0. The Morgan fingerprint density at radius 3 is 2.33 bits per heavy atom. The molecule has 0 aliphatic carbocycles. The number of anilines is 1. The number of primary amides is 1. The Morgan fingerprint density at radius 1 is 1.08 bits per heavy atom. The van der Waals surface area contributed by atoms with Crippen molar-refractivity contribution < 1.29 is 13.2 Å². The van der Waals surface area contributed by atoms with Crippen LogP contribution in [0.4, 0.5) is 5.69 Å². The average molecular weight is 342 g/mol. The lowest BCUT2D eigenvalue weighted by atomic mass is 9.83. The second-order valence-corrected chi connectivity index (χ2v) is 8.14. The molecule has 0 spiro atoms. The molecule has 1 unspecified atom stereocenters. The minimum absolute atomic E-state index is 0.185. The summed E-state index contributed by atoms with van der Waals surface area (Å²) in [6.07, 6.45) is 2.81. The maximum atomic E-state index is 12.1. The second-order valence-electron chi connectivity index (χ2n) is 6.00. The van der Waals surface area contributed by atoms with E-state index in [4.69, 9.17) is 5.73 Å². The van der Waals surface area contributed by atoms with Crippen molar-refractivity contribution in [2.45, 2.75) is 5.54 Å². The number of sulfone groups is 1. The summed E-state index contributed by atoms with van der Waals surface area (Å²) in [6, 6.07) is 16.4. The van der Waals surface area contributed by atoms with Gasteiger partial charge in [0.25, 0.3) is 0 Å². The number of nitrogens with two attached hydrogens (primary N) is 1. The Bertz CT molecular complexity index is 920. The SMILES string of the molecule is CS(=O)(=O)CC1(c2ccccc2)C=C(C(N)=O)c2ccccc2N1. The van der Waals surface area contributed by atoms with Gasteiger partial charge < -0.3 is 11.1 Å². The van der Waals surface area contributed by atoms with Crippen LogP contribution in [0.1, 0.15) is 11.1 Å². The maximum absolute atomic E-state index is 12.1. The summed E-state index contributed by atoms with van der Waals surface area (Å²) in [5.41, 5.74) is 6.94. The van der Waals surface area contributed by atoms with Gasteiger partial charge in [0.2, 0.25) is 5.91 Å². The molecule has 5 nitrogen and oxygen atoms in total. The van der Waals surface area contributed by atoms with Gasteiger partial charge in [0.05, 0.1) is 11.3 Å². The number of fused-ring (bicyclic) bond motifs is 1. The fourth-order valence-corrected chi connectivity index (χ4v) is 4.25. The monoisotopic (exact) mass is 342 g/mol. The van der Waals surface area contributed by atoms with E-state index in [-0.39, 0.29) is 5.75 Å². The number of carbonyl (C=O) groups is 1. The van der Waals surface area contributed by atoms with Crippen LogP contribution in [-0.2, 0) is 20.2 Å². The van der Waals surface area contributed by atoms with Crippen LogP contribution in [0.5, 0.6) is 0 Å². The molecule has 0 saturated carbocycles. The number of amides is 1. The number of para-hydroxylation sites is 1. The third-order valence-corrected chi connectivity index (χ3v) is 4.99. The highest BCUT2D eigenvalue weighted by atomic mass is 32.2. The summed E-state index contributed by atoms with van der Waals surface area (Å²) in [5.74, 6) is -0.771. The van der Waals surface area contributed by atoms with Gasteiger partial charge in [-0.05, 0) is 17.7 Å². The van der Waals surface area contributed by atoms with E-state index in [0.29, 0.717) is 16.8 Å². The van der Waals surface area contributed by atoms with Crippen molar-refractivity contribution in [3.8, 4) is 0 Å². The summed E-state index contributed by atoms with van der Waals surface area (Å²) in [4.78, 5) is 12.0. The molecule has 1 atom stereocenters. The van der Waals surface area contributed by atoms with E-state index < -0.39 is 21.3 Å². The van der Waals surface area contributed by atoms with Gasteiger partial charge >= 0.3 is 0 Å². The molecule has 1 amide bonds. The number of hydrogen-bond donors (Lipinski definition) is 2. The highest BCUT2D eigenvalue weighted by Gasteiger charge is 2.38. The normalized spacial score (nSPS) is 19.8. The first-order valence-electron chi connectivity index (χ1n) is 7.44. The molecule has 2 aromatic rings. The number of rotatable bonds is 4. The Morgan fingerprint density at radius 2 is 1.71 bits per heavy atom. The first kappa shape index (κ1) is 16.3. The van der Waals surface area contributed by atoms with Crippen LogP contribution in [0.3, 0.4) is 0 Å². The summed E-state index contributed by atoms with van der Waals surface area (Å²) in [7, 11) is -3.34. The third-order valence-electron chi connectivity index (χ3n) is 4.01. The lowest BCUT2D eigenvalue weighted by Gasteiger charge is -2.37. The third kappa shape index (κ3) is 3.05. The first-order valence-corrected chi connectivity index (χ1v) is 9.50. The lowest BCUT2D eigenvalue weighted by molar-refractivity contribution is -0.112. The summed E-state index contributed by atoms with van der Waals surface area (Å²) in [5, 5.41) is 3.30. The van der Waals surface area contributed by atoms with Gasteiger partial charge in [-0.1, -0.05) is 48.5 Å². The van der Waals surface area contributed by atoms with Gasteiger partial charge in [0.15, 0.2) is 0 Å². The van der Waals surface area contributed by atoms with Crippen molar-refractivity contribution in [1.82, 2.24) is 0 Å².